The largest absolute Gasteiger partial charge is 0.462 e. The van der Waals surface area contributed by atoms with Crippen LogP contribution in [0.15, 0.2) is 11.6 Å². The van der Waals surface area contributed by atoms with Gasteiger partial charge in [-0.1, -0.05) is 39.3 Å². The number of quaternary nitrogens is 1. The summed E-state index contributed by atoms with van der Waals surface area (Å²) in [6.45, 7) is 14.8. The van der Waals surface area contributed by atoms with Crippen molar-refractivity contribution in [2.75, 3.05) is 19.6 Å². The number of ketones is 1. The van der Waals surface area contributed by atoms with Crippen molar-refractivity contribution >= 4 is 11.8 Å². The number of Topliss-reactive ketones (excluding diaryl/α,β-unsaturated/α-hetero) is 1. The molecular weight excluding hydrogens is 434 g/mol. The van der Waals surface area contributed by atoms with Crippen molar-refractivity contribution in [2.24, 2.45) is 39.9 Å². The molecule has 0 aromatic carbocycles. The van der Waals surface area contributed by atoms with Crippen molar-refractivity contribution in [2.45, 2.75) is 111 Å². The van der Waals surface area contributed by atoms with Gasteiger partial charge in [-0.25, -0.2) is 0 Å². The lowest BCUT2D eigenvalue weighted by Crippen LogP contribution is -3.14. The summed E-state index contributed by atoms with van der Waals surface area (Å²) in [4.78, 5) is 26.7. The van der Waals surface area contributed by atoms with E-state index in [4.69, 9.17) is 4.74 Å². The van der Waals surface area contributed by atoms with E-state index in [1.54, 1.807) is 10.5 Å². The molecule has 35 heavy (non-hydrogen) atoms. The number of carbonyl (C=O) groups is 2. The van der Waals surface area contributed by atoms with Crippen molar-refractivity contribution in [3.8, 4) is 0 Å². The highest BCUT2D eigenvalue weighted by molar-refractivity contribution is 5.79. The van der Waals surface area contributed by atoms with E-state index >= 15 is 0 Å². The SMILES string of the molecule is CC(=O)C1CCC2C3CC=C4CC(OC(=O)CC[NH+]5CCCC(C)(C)C5)CCC4(C)C3CCC12C. The Bertz CT molecular complexity index is 876. The van der Waals surface area contributed by atoms with E-state index < -0.39 is 0 Å². The number of rotatable bonds is 5. The second-order valence-corrected chi connectivity index (χ2v) is 14.3. The third kappa shape index (κ3) is 4.66. The molecule has 4 nitrogen and oxygen atoms in total. The summed E-state index contributed by atoms with van der Waals surface area (Å²) < 4.78 is 6.06. The maximum Gasteiger partial charge on any atom is 0.311 e. The summed E-state index contributed by atoms with van der Waals surface area (Å²) in [7, 11) is 0. The molecule has 4 fully saturated rings. The first-order valence-corrected chi connectivity index (χ1v) is 14.7. The molecule has 5 aliphatic rings. The molecule has 8 unspecified atom stereocenters. The molecule has 1 aliphatic heterocycles. The standard InChI is InChI=1S/C31H49NO3/c1-21(33)25-9-10-26-24-8-7-22-19-23(11-15-30(22,4)27(24)12-16-31(25,26)5)35-28(34)13-18-32-17-6-14-29(2,3)20-32/h7,23-27H,6,8-20H2,1-5H3/p+1. The molecule has 0 radical (unpaired) electrons. The Morgan fingerprint density at radius 3 is 2.57 bits per heavy atom. The number of fused-ring (bicyclic) bond motifs is 5. The van der Waals surface area contributed by atoms with E-state index in [0.29, 0.717) is 23.5 Å². The predicted octanol–water partition coefficient (Wildman–Crippen LogP) is 5.16. The zero-order chi connectivity index (χ0) is 25.0. The van der Waals surface area contributed by atoms with Gasteiger partial charge in [0.15, 0.2) is 0 Å². The van der Waals surface area contributed by atoms with Gasteiger partial charge in [0.1, 0.15) is 11.9 Å². The summed E-state index contributed by atoms with van der Waals surface area (Å²) in [5.41, 5.74) is 2.44. The quantitative estimate of drug-likeness (QED) is 0.433. The van der Waals surface area contributed by atoms with Crippen molar-refractivity contribution in [3.05, 3.63) is 11.6 Å². The number of hydrogen-bond acceptors (Lipinski definition) is 3. The molecule has 0 spiro atoms. The van der Waals surface area contributed by atoms with Crippen molar-refractivity contribution in [1.29, 1.82) is 0 Å². The average Bonchev–Trinajstić information content (AvgIpc) is 3.15. The Labute approximate surface area is 213 Å². The first-order chi connectivity index (χ1) is 16.5. The normalized spacial score (nSPS) is 44.4. The molecule has 1 saturated heterocycles. The summed E-state index contributed by atoms with van der Waals surface area (Å²) in [6, 6.07) is 0. The number of likely N-dealkylation sites (tertiary alicyclic amines) is 1. The lowest BCUT2D eigenvalue weighted by Gasteiger charge is -2.58. The van der Waals surface area contributed by atoms with Crippen LogP contribution in [0.2, 0.25) is 0 Å². The van der Waals surface area contributed by atoms with Crippen molar-refractivity contribution in [1.82, 2.24) is 0 Å². The minimum Gasteiger partial charge on any atom is -0.462 e. The summed E-state index contributed by atoms with van der Waals surface area (Å²) in [5.74, 6) is 2.86. The average molecular weight is 485 g/mol. The van der Waals surface area contributed by atoms with Gasteiger partial charge in [-0.2, -0.15) is 0 Å². The second kappa shape index (κ2) is 9.30. The third-order valence-electron chi connectivity index (χ3n) is 11.6. The molecule has 0 bridgehead atoms. The summed E-state index contributed by atoms with van der Waals surface area (Å²) in [6.07, 6.45) is 14.8. The molecule has 0 aromatic heterocycles. The number of allylic oxidation sites excluding steroid dienone is 1. The van der Waals surface area contributed by atoms with E-state index in [2.05, 4.69) is 33.8 Å². The maximum atomic E-state index is 12.7. The van der Waals surface area contributed by atoms with Crippen LogP contribution in [0.25, 0.3) is 0 Å². The van der Waals surface area contributed by atoms with Crippen LogP contribution in [-0.2, 0) is 14.3 Å². The van der Waals surface area contributed by atoms with Crippen LogP contribution in [0, 0.1) is 39.9 Å². The van der Waals surface area contributed by atoms with E-state index in [0.717, 1.165) is 50.5 Å². The first-order valence-electron chi connectivity index (χ1n) is 14.7. The predicted molar refractivity (Wildman–Crippen MR) is 139 cm³/mol. The zero-order valence-electron chi connectivity index (χ0n) is 23.1. The fraction of sp³-hybridized carbons (Fsp3) is 0.871. The maximum absolute atomic E-state index is 12.7. The van der Waals surface area contributed by atoms with Gasteiger partial charge in [-0.05, 0) is 93.3 Å². The molecule has 4 heteroatoms. The Hall–Kier alpha value is -1.16. The number of esters is 1. The summed E-state index contributed by atoms with van der Waals surface area (Å²) in [5, 5.41) is 0. The van der Waals surface area contributed by atoms with Gasteiger partial charge < -0.3 is 9.64 Å². The molecule has 196 valence electrons. The van der Waals surface area contributed by atoms with Crippen LogP contribution in [-0.4, -0.2) is 37.5 Å². The molecule has 0 aromatic rings. The molecular formula is C31H50NO3+. The van der Waals surface area contributed by atoms with Gasteiger partial charge in [0, 0.05) is 17.8 Å². The fourth-order valence-corrected chi connectivity index (χ4v) is 9.80. The van der Waals surface area contributed by atoms with E-state index in [1.807, 2.05) is 6.92 Å². The van der Waals surface area contributed by atoms with Gasteiger partial charge in [-0.15, -0.1) is 0 Å². The molecule has 4 aliphatic carbocycles. The van der Waals surface area contributed by atoms with Gasteiger partial charge in [0.2, 0.25) is 0 Å². The van der Waals surface area contributed by atoms with Crippen LogP contribution in [0.1, 0.15) is 105 Å². The Morgan fingerprint density at radius 2 is 1.83 bits per heavy atom. The number of piperidine rings is 1. The zero-order valence-corrected chi connectivity index (χ0v) is 23.1. The third-order valence-corrected chi connectivity index (χ3v) is 11.6. The van der Waals surface area contributed by atoms with E-state index in [1.165, 1.54) is 45.2 Å². The number of hydrogen-bond donors (Lipinski definition) is 1. The topological polar surface area (TPSA) is 47.8 Å². The fourth-order valence-electron chi connectivity index (χ4n) is 9.80. The second-order valence-electron chi connectivity index (χ2n) is 14.3. The molecule has 1 heterocycles. The van der Waals surface area contributed by atoms with E-state index in [9.17, 15) is 9.59 Å². The van der Waals surface area contributed by atoms with Gasteiger partial charge in [0.05, 0.1) is 26.1 Å². The molecule has 5 rings (SSSR count). The van der Waals surface area contributed by atoms with Crippen LogP contribution in [0.5, 0.6) is 0 Å². The Morgan fingerprint density at radius 1 is 1.03 bits per heavy atom. The number of ether oxygens (including phenoxy) is 1. The van der Waals surface area contributed by atoms with Crippen molar-refractivity contribution in [3.63, 3.8) is 0 Å². The minimum atomic E-state index is 0.0124. The molecule has 8 atom stereocenters. The highest BCUT2D eigenvalue weighted by atomic mass is 16.5. The van der Waals surface area contributed by atoms with Gasteiger partial charge in [0.25, 0.3) is 0 Å². The summed E-state index contributed by atoms with van der Waals surface area (Å²) >= 11 is 0. The smallest absolute Gasteiger partial charge is 0.311 e. The lowest BCUT2D eigenvalue weighted by molar-refractivity contribution is -0.911. The van der Waals surface area contributed by atoms with Crippen LogP contribution >= 0.6 is 0 Å². The molecule has 3 saturated carbocycles. The monoisotopic (exact) mass is 484 g/mol. The van der Waals surface area contributed by atoms with Gasteiger partial charge >= 0.3 is 5.97 Å². The highest BCUT2D eigenvalue weighted by Crippen LogP contribution is 2.66. The first kappa shape index (κ1) is 25.5. The van der Waals surface area contributed by atoms with Crippen LogP contribution < -0.4 is 4.90 Å². The Balaban J connectivity index is 1.19. The highest BCUT2D eigenvalue weighted by Gasteiger charge is 2.59. The minimum absolute atomic E-state index is 0.0124. The van der Waals surface area contributed by atoms with Crippen molar-refractivity contribution < 1.29 is 19.2 Å². The van der Waals surface area contributed by atoms with Gasteiger partial charge in [-0.3, -0.25) is 9.59 Å². The Kier molecular flexibility index (Phi) is 6.77. The number of carbonyl (C=O) groups excluding carboxylic acids is 2. The number of nitrogens with one attached hydrogen (secondary N) is 1. The van der Waals surface area contributed by atoms with Crippen LogP contribution in [0.4, 0.5) is 0 Å². The van der Waals surface area contributed by atoms with Crippen LogP contribution in [0.3, 0.4) is 0 Å². The molecule has 0 amide bonds. The lowest BCUT2D eigenvalue weighted by atomic mass is 9.47. The van der Waals surface area contributed by atoms with E-state index in [-0.39, 0.29) is 28.8 Å². The molecule has 1 N–H and O–H groups in total.